The normalized spacial score (nSPS) is 21.8. The number of hydrogen-bond acceptors (Lipinski definition) is 3. The molecule has 0 aromatic rings. The predicted molar refractivity (Wildman–Crippen MR) is 61.0 cm³/mol. The Labute approximate surface area is 87.8 Å². The maximum atomic E-state index is 4.43. The lowest BCUT2D eigenvalue weighted by Gasteiger charge is -2.33. The smallest absolute Gasteiger partial charge is 0.121 e. The van der Waals surface area contributed by atoms with Gasteiger partial charge < -0.3 is 4.90 Å². The monoisotopic (exact) mass is 197 g/mol. The molecule has 1 aliphatic rings. The molecule has 1 heterocycles. The van der Waals surface area contributed by atoms with Gasteiger partial charge >= 0.3 is 0 Å². The highest BCUT2D eigenvalue weighted by atomic mass is 15.6. The number of nitrogens with zero attached hydrogens (tertiary/aromatic N) is 3. The molecule has 1 atom stereocenters. The molecule has 3 heteroatoms. The van der Waals surface area contributed by atoms with Crippen molar-refractivity contribution in [2.45, 2.75) is 40.8 Å². The number of hydrogen-bond donors (Lipinski definition) is 0. The largest absolute Gasteiger partial charge is 0.339 e. The highest BCUT2D eigenvalue weighted by Gasteiger charge is 2.29. The number of rotatable bonds is 4. The molecule has 0 aliphatic carbocycles. The minimum Gasteiger partial charge on any atom is -0.339 e. The lowest BCUT2D eigenvalue weighted by Crippen LogP contribution is -2.44. The summed E-state index contributed by atoms with van der Waals surface area (Å²) in [6.07, 6.45) is 2.45. The molecule has 0 amide bonds. The fraction of sp³-hybridized carbons (Fsp3) is 0.909. The maximum Gasteiger partial charge on any atom is 0.121 e. The molecule has 0 radical (unpaired) electrons. The maximum absolute atomic E-state index is 4.43. The van der Waals surface area contributed by atoms with E-state index in [1.165, 1.54) is 0 Å². The van der Waals surface area contributed by atoms with E-state index in [9.17, 15) is 0 Å². The van der Waals surface area contributed by atoms with E-state index in [2.05, 4.69) is 49.6 Å². The van der Waals surface area contributed by atoms with Gasteiger partial charge in [-0.1, -0.05) is 27.7 Å². The van der Waals surface area contributed by atoms with Crippen molar-refractivity contribution in [1.82, 2.24) is 9.91 Å². The van der Waals surface area contributed by atoms with Gasteiger partial charge in [0.05, 0.1) is 0 Å². The molecule has 1 aliphatic heterocycles. The Morgan fingerprint density at radius 3 is 2.36 bits per heavy atom. The average molecular weight is 197 g/mol. The second-order valence-electron chi connectivity index (χ2n) is 4.73. The van der Waals surface area contributed by atoms with Gasteiger partial charge in [-0.05, 0) is 18.8 Å². The van der Waals surface area contributed by atoms with E-state index in [0.717, 1.165) is 13.1 Å². The van der Waals surface area contributed by atoms with Gasteiger partial charge in [-0.2, -0.15) is 5.10 Å². The molecule has 0 bridgehead atoms. The Kier molecular flexibility index (Phi) is 3.78. The van der Waals surface area contributed by atoms with E-state index in [-0.39, 0.29) is 0 Å². The molecule has 0 saturated carbocycles. The van der Waals surface area contributed by atoms with Crippen LogP contribution in [0.1, 0.15) is 34.6 Å². The third-order valence-electron chi connectivity index (χ3n) is 2.49. The summed E-state index contributed by atoms with van der Waals surface area (Å²) in [6.45, 7) is 13.3. The van der Waals surface area contributed by atoms with Crippen LogP contribution in [0.2, 0.25) is 0 Å². The van der Waals surface area contributed by atoms with Gasteiger partial charge in [0.2, 0.25) is 0 Å². The quantitative estimate of drug-likeness (QED) is 0.688. The Morgan fingerprint density at radius 1 is 1.29 bits per heavy atom. The van der Waals surface area contributed by atoms with E-state index in [1.807, 2.05) is 6.34 Å². The highest BCUT2D eigenvalue weighted by molar-refractivity contribution is 5.57. The lowest BCUT2D eigenvalue weighted by atomic mass is 10.1. The van der Waals surface area contributed by atoms with Crippen LogP contribution < -0.4 is 0 Å². The predicted octanol–water partition coefficient (Wildman–Crippen LogP) is 2.21. The van der Waals surface area contributed by atoms with Crippen molar-refractivity contribution in [1.29, 1.82) is 0 Å². The van der Waals surface area contributed by atoms with E-state index >= 15 is 0 Å². The van der Waals surface area contributed by atoms with Crippen molar-refractivity contribution in [3.8, 4) is 0 Å². The molecular weight excluding hydrogens is 174 g/mol. The lowest BCUT2D eigenvalue weighted by molar-refractivity contribution is 0.0878. The SMILES string of the molecule is CCN1N=CN(CC(C)C)C1C(C)C. The van der Waals surface area contributed by atoms with Crippen molar-refractivity contribution >= 4 is 6.34 Å². The molecule has 14 heavy (non-hydrogen) atoms. The zero-order valence-corrected chi connectivity index (χ0v) is 10.1. The summed E-state index contributed by atoms with van der Waals surface area (Å²) in [5.74, 6) is 1.32. The third kappa shape index (κ3) is 2.40. The molecule has 0 fully saturated rings. The van der Waals surface area contributed by atoms with Gasteiger partial charge in [0.1, 0.15) is 12.5 Å². The summed E-state index contributed by atoms with van der Waals surface area (Å²) in [4.78, 5) is 2.36. The molecule has 3 nitrogen and oxygen atoms in total. The first kappa shape index (κ1) is 11.3. The van der Waals surface area contributed by atoms with E-state index in [1.54, 1.807) is 0 Å². The van der Waals surface area contributed by atoms with Crippen LogP contribution >= 0.6 is 0 Å². The summed E-state index contributed by atoms with van der Waals surface area (Å²) >= 11 is 0. The Morgan fingerprint density at radius 2 is 1.93 bits per heavy atom. The van der Waals surface area contributed by atoms with Crippen molar-refractivity contribution in [2.75, 3.05) is 13.1 Å². The first-order chi connectivity index (χ1) is 6.56. The van der Waals surface area contributed by atoms with E-state index in [4.69, 9.17) is 0 Å². The minimum absolute atomic E-state index is 0.461. The van der Waals surface area contributed by atoms with Crippen LogP contribution in [0.15, 0.2) is 5.10 Å². The van der Waals surface area contributed by atoms with E-state index in [0.29, 0.717) is 18.0 Å². The van der Waals surface area contributed by atoms with Crippen molar-refractivity contribution in [3.63, 3.8) is 0 Å². The second-order valence-corrected chi connectivity index (χ2v) is 4.73. The van der Waals surface area contributed by atoms with E-state index < -0.39 is 0 Å². The third-order valence-corrected chi connectivity index (χ3v) is 2.49. The van der Waals surface area contributed by atoms with Crippen LogP contribution in [-0.2, 0) is 0 Å². The molecule has 1 unspecified atom stereocenters. The summed E-state index contributed by atoms with van der Waals surface area (Å²) in [5, 5.41) is 6.60. The standard InChI is InChI=1S/C11H23N3/c1-6-14-11(10(4)5)13(8-12-14)7-9(2)3/h8-11H,6-7H2,1-5H3. The van der Waals surface area contributed by atoms with Crippen LogP contribution in [-0.4, -0.2) is 35.5 Å². The van der Waals surface area contributed by atoms with Crippen LogP contribution in [0.4, 0.5) is 0 Å². The van der Waals surface area contributed by atoms with Crippen molar-refractivity contribution in [2.24, 2.45) is 16.9 Å². The van der Waals surface area contributed by atoms with Crippen molar-refractivity contribution < 1.29 is 0 Å². The zero-order valence-electron chi connectivity index (χ0n) is 10.1. The fourth-order valence-electron chi connectivity index (χ4n) is 2.01. The second kappa shape index (κ2) is 4.67. The summed E-state index contributed by atoms with van der Waals surface area (Å²) < 4.78 is 0. The van der Waals surface area contributed by atoms with Crippen LogP contribution in [0.3, 0.4) is 0 Å². The molecule has 0 aromatic heterocycles. The minimum atomic E-state index is 0.461. The van der Waals surface area contributed by atoms with Gasteiger partial charge in [-0.3, -0.25) is 5.01 Å². The molecule has 1 rings (SSSR count). The average Bonchev–Trinajstić information content (AvgIpc) is 2.46. The van der Waals surface area contributed by atoms with Crippen molar-refractivity contribution in [3.05, 3.63) is 0 Å². The molecule has 0 aromatic carbocycles. The van der Waals surface area contributed by atoms with Crippen LogP contribution in [0.5, 0.6) is 0 Å². The summed E-state index contributed by atoms with van der Waals surface area (Å²) in [6, 6.07) is 0. The molecular formula is C11H23N3. The molecule has 82 valence electrons. The Balaban J connectivity index is 2.63. The first-order valence-corrected chi connectivity index (χ1v) is 5.62. The number of hydrazone groups is 1. The summed E-state index contributed by atoms with van der Waals surface area (Å²) in [7, 11) is 0. The highest BCUT2D eigenvalue weighted by Crippen LogP contribution is 2.20. The first-order valence-electron chi connectivity index (χ1n) is 5.62. The van der Waals surface area contributed by atoms with Crippen LogP contribution in [0.25, 0.3) is 0 Å². The fourth-order valence-corrected chi connectivity index (χ4v) is 2.01. The van der Waals surface area contributed by atoms with Gasteiger partial charge in [-0.25, -0.2) is 0 Å². The van der Waals surface area contributed by atoms with Gasteiger partial charge in [-0.15, -0.1) is 0 Å². The van der Waals surface area contributed by atoms with Gasteiger partial charge in [0.25, 0.3) is 0 Å². The zero-order chi connectivity index (χ0) is 10.7. The molecule has 0 saturated heterocycles. The summed E-state index contributed by atoms with van der Waals surface area (Å²) in [5.41, 5.74) is 0. The Bertz CT molecular complexity index is 199. The Hall–Kier alpha value is -0.730. The van der Waals surface area contributed by atoms with Gasteiger partial charge in [0.15, 0.2) is 0 Å². The molecule has 0 spiro atoms. The molecule has 0 N–H and O–H groups in total. The topological polar surface area (TPSA) is 18.8 Å². The van der Waals surface area contributed by atoms with Gasteiger partial charge in [0, 0.05) is 13.1 Å². The van der Waals surface area contributed by atoms with Crippen LogP contribution in [0, 0.1) is 11.8 Å².